The molecule has 1 aromatic rings. The second-order valence-electron chi connectivity index (χ2n) is 4.01. The highest BCUT2D eigenvalue weighted by Crippen LogP contribution is 2.18. The zero-order chi connectivity index (χ0) is 12.8. The predicted molar refractivity (Wildman–Crippen MR) is 66.5 cm³/mol. The van der Waals surface area contributed by atoms with E-state index in [1.165, 1.54) is 0 Å². The van der Waals surface area contributed by atoms with Crippen LogP contribution in [0.15, 0.2) is 18.2 Å². The third kappa shape index (κ3) is 3.75. The Morgan fingerprint density at radius 3 is 2.65 bits per heavy atom. The van der Waals surface area contributed by atoms with Crippen molar-refractivity contribution in [2.24, 2.45) is 0 Å². The fourth-order valence-corrected chi connectivity index (χ4v) is 1.62. The van der Waals surface area contributed by atoms with Crippen LogP contribution in [0.4, 0.5) is 0 Å². The van der Waals surface area contributed by atoms with E-state index in [-0.39, 0.29) is 11.9 Å². The molecule has 1 amide bonds. The summed E-state index contributed by atoms with van der Waals surface area (Å²) in [6.07, 6.45) is 0. The Balaban J connectivity index is 2.72. The van der Waals surface area contributed by atoms with Crippen LogP contribution < -0.4 is 10.1 Å². The minimum Gasteiger partial charge on any atom is -0.496 e. The molecule has 1 rings (SSSR count). The Morgan fingerprint density at radius 1 is 1.41 bits per heavy atom. The monoisotopic (exact) mass is 237 g/mol. The summed E-state index contributed by atoms with van der Waals surface area (Å²) in [4.78, 5) is 11.9. The maximum atomic E-state index is 11.9. The van der Waals surface area contributed by atoms with E-state index in [1.807, 2.05) is 19.9 Å². The van der Waals surface area contributed by atoms with Crippen LogP contribution in [0, 0.1) is 6.92 Å². The second kappa shape index (κ2) is 6.25. The van der Waals surface area contributed by atoms with Gasteiger partial charge in [-0.2, -0.15) is 0 Å². The number of rotatable bonds is 5. The summed E-state index contributed by atoms with van der Waals surface area (Å²) < 4.78 is 10.1. The van der Waals surface area contributed by atoms with Gasteiger partial charge in [-0.3, -0.25) is 4.79 Å². The Hall–Kier alpha value is -1.55. The number of benzene rings is 1. The summed E-state index contributed by atoms with van der Waals surface area (Å²) in [5.41, 5.74) is 1.57. The highest BCUT2D eigenvalue weighted by molar-refractivity contribution is 5.94. The van der Waals surface area contributed by atoms with Crippen molar-refractivity contribution < 1.29 is 14.3 Å². The maximum Gasteiger partial charge on any atom is 0.251 e. The number of ether oxygens (including phenoxy) is 2. The Kier molecular flexibility index (Phi) is 4.97. The summed E-state index contributed by atoms with van der Waals surface area (Å²) in [6.45, 7) is 4.31. The van der Waals surface area contributed by atoms with Crippen molar-refractivity contribution in [2.75, 3.05) is 20.8 Å². The summed E-state index contributed by atoms with van der Waals surface area (Å²) >= 11 is 0. The van der Waals surface area contributed by atoms with Gasteiger partial charge in [0.15, 0.2) is 0 Å². The molecule has 1 aromatic carbocycles. The Morgan fingerprint density at radius 2 is 2.12 bits per heavy atom. The lowest BCUT2D eigenvalue weighted by atomic mass is 10.1. The van der Waals surface area contributed by atoms with Crippen molar-refractivity contribution in [3.05, 3.63) is 29.3 Å². The van der Waals surface area contributed by atoms with Crippen molar-refractivity contribution in [1.82, 2.24) is 5.32 Å². The molecule has 0 heterocycles. The van der Waals surface area contributed by atoms with E-state index >= 15 is 0 Å². The van der Waals surface area contributed by atoms with Crippen molar-refractivity contribution >= 4 is 5.91 Å². The molecular weight excluding hydrogens is 218 g/mol. The van der Waals surface area contributed by atoms with Crippen molar-refractivity contribution in [3.63, 3.8) is 0 Å². The zero-order valence-electron chi connectivity index (χ0n) is 10.7. The van der Waals surface area contributed by atoms with Crippen molar-refractivity contribution in [3.8, 4) is 5.75 Å². The summed E-state index contributed by atoms with van der Waals surface area (Å²) in [5.74, 6) is 0.687. The van der Waals surface area contributed by atoms with Gasteiger partial charge in [0.05, 0.1) is 13.7 Å². The molecule has 0 fully saturated rings. The largest absolute Gasteiger partial charge is 0.496 e. The summed E-state index contributed by atoms with van der Waals surface area (Å²) in [5, 5.41) is 2.86. The summed E-state index contributed by atoms with van der Waals surface area (Å²) in [6, 6.07) is 5.36. The third-order valence-electron chi connectivity index (χ3n) is 2.45. The molecule has 17 heavy (non-hydrogen) atoms. The molecule has 0 spiro atoms. The van der Waals surface area contributed by atoms with E-state index in [1.54, 1.807) is 26.4 Å². The van der Waals surface area contributed by atoms with Crippen molar-refractivity contribution in [1.29, 1.82) is 0 Å². The number of carbonyl (C=O) groups excluding carboxylic acids is 1. The molecule has 0 aliphatic heterocycles. The van der Waals surface area contributed by atoms with E-state index in [0.717, 1.165) is 11.3 Å². The first-order chi connectivity index (χ1) is 8.08. The van der Waals surface area contributed by atoms with Gasteiger partial charge in [-0.25, -0.2) is 0 Å². The molecule has 4 nitrogen and oxygen atoms in total. The summed E-state index contributed by atoms with van der Waals surface area (Å²) in [7, 11) is 3.23. The first-order valence-electron chi connectivity index (χ1n) is 5.53. The average molecular weight is 237 g/mol. The lowest BCUT2D eigenvalue weighted by Gasteiger charge is -2.13. The van der Waals surface area contributed by atoms with Gasteiger partial charge in [0.25, 0.3) is 5.91 Å². The van der Waals surface area contributed by atoms with Crippen molar-refractivity contribution in [2.45, 2.75) is 19.9 Å². The molecule has 94 valence electrons. The molecule has 0 radical (unpaired) electrons. The quantitative estimate of drug-likeness (QED) is 0.849. The molecular formula is C13H19NO3. The standard InChI is InChI=1S/C13H19NO3/c1-9-7-11(5-6-12(9)17-4)13(15)14-10(2)8-16-3/h5-7,10H,8H2,1-4H3,(H,14,15)/t10-/m0/s1. The van der Waals surface area contributed by atoms with E-state index in [2.05, 4.69) is 5.32 Å². The Bertz CT molecular complexity index is 390. The SMILES string of the molecule is COC[C@H](C)NC(=O)c1ccc(OC)c(C)c1. The number of aryl methyl sites for hydroxylation is 1. The van der Waals surface area contributed by atoms with Crippen LogP contribution in [0.25, 0.3) is 0 Å². The van der Waals surface area contributed by atoms with Gasteiger partial charge in [-0.05, 0) is 37.6 Å². The van der Waals surface area contributed by atoms with E-state index in [4.69, 9.17) is 9.47 Å². The minimum absolute atomic E-state index is 0.00472. The van der Waals surface area contributed by atoms with Gasteiger partial charge >= 0.3 is 0 Å². The van der Waals surface area contributed by atoms with Crippen LogP contribution in [-0.4, -0.2) is 32.8 Å². The minimum atomic E-state index is -0.0969. The molecule has 0 bridgehead atoms. The second-order valence-corrected chi connectivity index (χ2v) is 4.01. The lowest BCUT2D eigenvalue weighted by Crippen LogP contribution is -2.35. The van der Waals surface area contributed by atoms with Gasteiger partial charge in [0.2, 0.25) is 0 Å². The molecule has 1 atom stereocenters. The topological polar surface area (TPSA) is 47.6 Å². The van der Waals surface area contributed by atoms with Gasteiger partial charge in [0, 0.05) is 18.7 Å². The average Bonchev–Trinajstić information content (AvgIpc) is 2.29. The first-order valence-corrected chi connectivity index (χ1v) is 5.53. The zero-order valence-corrected chi connectivity index (χ0v) is 10.7. The normalized spacial score (nSPS) is 12.0. The molecule has 0 unspecified atom stereocenters. The number of amides is 1. The third-order valence-corrected chi connectivity index (χ3v) is 2.45. The first kappa shape index (κ1) is 13.5. The molecule has 1 N–H and O–H groups in total. The van der Waals surface area contributed by atoms with Gasteiger partial charge < -0.3 is 14.8 Å². The van der Waals surface area contributed by atoms with Crippen LogP contribution in [0.3, 0.4) is 0 Å². The molecule has 0 saturated heterocycles. The van der Waals surface area contributed by atoms with Crippen LogP contribution in [-0.2, 0) is 4.74 Å². The van der Waals surface area contributed by atoms with E-state index < -0.39 is 0 Å². The number of hydrogen-bond donors (Lipinski definition) is 1. The highest BCUT2D eigenvalue weighted by Gasteiger charge is 2.10. The highest BCUT2D eigenvalue weighted by atomic mass is 16.5. The predicted octanol–water partition coefficient (Wildman–Crippen LogP) is 1.77. The Labute approximate surface area is 102 Å². The van der Waals surface area contributed by atoms with Crippen LogP contribution in [0.5, 0.6) is 5.75 Å². The number of hydrogen-bond acceptors (Lipinski definition) is 3. The van der Waals surface area contributed by atoms with Crippen LogP contribution in [0.1, 0.15) is 22.8 Å². The molecule has 0 aliphatic rings. The van der Waals surface area contributed by atoms with Gasteiger partial charge in [0.1, 0.15) is 5.75 Å². The smallest absolute Gasteiger partial charge is 0.251 e. The van der Waals surface area contributed by atoms with E-state index in [9.17, 15) is 4.79 Å². The fraction of sp³-hybridized carbons (Fsp3) is 0.462. The molecule has 4 heteroatoms. The van der Waals surface area contributed by atoms with Crippen LogP contribution in [0.2, 0.25) is 0 Å². The lowest BCUT2D eigenvalue weighted by molar-refractivity contribution is 0.0905. The molecule has 0 aliphatic carbocycles. The fourth-order valence-electron chi connectivity index (χ4n) is 1.62. The molecule has 0 aromatic heterocycles. The maximum absolute atomic E-state index is 11.9. The van der Waals surface area contributed by atoms with Gasteiger partial charge in [-0.15, -0.1) is 0 Å². The van der Waals surface area contributed by atoms with Crippen LogP contribution >= 0.6 is 0 Å². The van der Waals surface area contributed by atoms with E-state index in [0.29, 0.717) is 12.2 Å². The molecule has 0 saturated carbocycles. The number of methoxy groups -OCH3 is 2. The number of carbonyl (C=O) groups is 1. The number of nitrogens with one attached hydrogen (secondary N) is 1. The van der Waals surface area contributed by atoms with Gasteiger partial charge in [-0.1, -0.05) is 0 Å².